The monoisotopic (exact) mass is 739 g/mol. The number of phenolic OH excluding ortho intramolecular Hbond substituents is 1. The maximum Gasteiger partial charge on any atom is 0.410 e. The standard InChI is InChI=1S/C36H46BrN5O7/c1-48-34(45)30-8-4-5-16-41(30)26-12-17-39(18-13-26)33(44)32(23-24-9-10-31(43)28(37)22-24)49-36(47)40-19-14-27(15-20-40)42-21-11-25-6-2-3-7-29(25)38-35(42)46/h2-3,6-7,9-10,22,26-27,30,32,43H,4-5,8,11-21,23H2,1H3,(H,38,46)/t30-,32+/m0/s1. The van der Waals surface area contributed by atoms with E-state index in [1.807, 2.05) is 29.2 Å². The fourth-order valence-electron chi connectivity index (χ4n) is 7.77. The highest BCUT2D eigenvalue weighted by molar-refractivity contribution is 9.10. The van der Waals surface area contributed by atoms with Crippen LogP contribution in [0.3, 0.4) is 0 Å². The normalized spacial score (nSPS) is 21.7. The van der Waals surface area contributed by atoms with Gasteiger partial charge in [0.15, 0.2) is 6.10 Å². The number of hydrogen-bond acceptors (Lipinski definition) is 8. The minimum atomic E-state index is -1.05. The summed E-state index contributed by atoms with van der Waals surface area (Å²) in [4.78, 5) is 60.7. The highest BCUT2D eigenvalue weighted by Crippen LogP contribution is 2.29. The number of anilines is 1. The van der Waals surface area contributed by atoms with E-state index in [-0.39, 0.29) is 48.2 Å². The summed E-state index contributed by atoms with van der Waals surface area (Å²) in [5.74, 6) is -0.372. The molecule has 0 aromatic heterocycles. The van der Waals surface area contributed by atoms with E-state index >= 15 is 0 Å². The Morgan fingerprint density at radius 2 is 1.63 bits per heavy atom. The molecule has 4 aliphatic rings. The maximum absolute atomic E-state index is 14.0. The average molecular weight is 741 g/mol. The highest BCUT2D eigenvalue weighted by Gasteiger charge is 2.39. The largest absolute Gasteiger partial charge is 0.507 e. The fraction of sp³-hybridized carbons (Fsp3) is 0.556. The highest BCUT2D eigenvalue weighted by atomic mass is 79.9. The Kier molecular flexibility index (Phi) is 11.3. The van der Waals surface area contributed by atoms with E-state index in [1.165, 1.54) is 7.11 Å². The lowest BCUT2D eigenvalue weighted by Crippen LogP contribution is -2.55. The van der Waals surface area contributed by atoms with Crippen LogP contribution in [0.2, 0.25) is 0 Å². The number of nitrogens with one attached hydrogen (secondary N) is 1. The number of fused-ring (bicyclic) bond motifs is 1. The molecule has 3 fully saturated rings. The van der Waals surface area contributed by atoms with Crippen LogP contribution in [0.4, 0.5) is 15.3 Å². The van der Waals surface area contributed by atoms with Crippen LogP contribution in [0.15, 0.2) is 46.9 Å². The van der Waals surface area contributed by atoms with Gasteiger partial charge in [-0.3, -0.25) is 14.5 Å². The number of piperidine rings is 3. The van der Waals surface area contributed by atoms with Crippen LogP contribution in [0, 0.1) is 0 Å². The van der Waals surface area contributed by atoms with E-state index in [4.69, 9.17) is 9.47 Å². The molecule has 49 heavy (non-hydrogen) atoms. The number of phenols is 1. The van der Waals surface area contributed by atoms with Crippen molar-refractivity contribution in [1.82, 2.24) is 19.6 Å². The number of halogens is 1. The van der Waals surface area contributed by atoms with E-state index in [2.05, 4.69) is 26.1 Å². The summed E-state index contributed by atoms with van der Waals surface area (Å²) in [7, 11) is 1.43. The van der Waals surface area contributed by atoms with Crippen molar-refractivity contribution in [1.29, 1.82) is 0 Å². The second-order valence-corrected chi connectivity index (χ2v) is 14.3. The number of carbonyl (C=O) groups is 4. The Hall–Kier alpha value is -3.84. The molecule has 264 valence electrons. The average Bonchev–Trinajstić information content (AvgIpc) is 3.30. The molecular weight excluding hydrogens is 694 g/mol. The van der Waals surface area contributed by atoms with E-state index in [0.29, 0.717) is 62.9 Å². The summed E-state index contributed by atoms with van der Waals surface area (Å²) in [6.45, 7) is 3.25. The Labute approximate surface area is 295 Å². The number of aromatic hydroxyl groups is 1. The molecule has 0 saturated carbocycles. The van der Waals surface area contributed by atoms with Crippen LogP contribution in [-0.2, 0) is 31.9 Å². The molecule has 0 bridgehead atoms. The van der Waals surface area contributed by atoms with Crippen molar-refractivity contribution in [3.8, 4) is 5.75 Å². The molecule has 4 heterocycles. The van der Waals surface area contributed by atoms with Gasteiger partial charge in [-0.15, -0.1) is 0 Å². The summed E-state index contributed by atoms with van der Waals surface area (Å²) in [5.41, 5.74) is 2.69. The van der Waals surface area contributed by atoms with Crippen molar-refractivity contribution in [2.75, 3.05) is 51.7 Å². The van der Waals surface area contributed by atoms with Crippen LogP contribution in [0.1, 0.15) is 56.1 Å². The summed E-state index contributed by atoms with van der Waals surface area (Å²) in [6.07, 6.45) is 4.77. The lowest BCUT2D eigenvalue weighted by Gasteiger charge is -2.43. The van der Waals surface area contributed by atoms with Gasteiger partial charge in [-0.2, -0.15) is 0 Å². The minimum Gasteiger partial charge on any atom is -0.507 e. The third-order valence-electron chi connectivity index (χ3n) is 10.5. The molecule has 4 aliphatic heterocycles. The second-order valence-electron chi connectivity index (χ2n) is 13.4. The van der Waals surface area contributed by atoms with Gasteiger partial charge in [-0.05, 0) is 96.7 Å². The molecule has 0 aliphatic carbocycles. The van der Waals surface area contributed by atoms with Crippen molar-refractivity contribution < 1.29 is 33.8 Å². The first kappa shape index (κ1) is 35.0. The predicted octanol–water partition coefficient (Wildman–Crippen LogP) is 4.78. The first-order chi connectivity index (χ1) is 23.7. The molecule has 4 amide bonds. The zero-order chi connectivity index (χ0) is 34.5. The number of urea groups is 1. The quantitative estimate of drug-likeness (QED) is 0.389. The Morgan fingerprint density at radius 1 is 0.918 bits per heavy atom. The number of amides is 4. The zero-order valence-corrected chi connectivity index (χ0v) is 29.6. The topological polar surface area (TPSA) is 132 Å². The number of benzene rings is 2. The summed E-state index contributed by atoms with van der Waals surface area (Å²) in [6, 6.07) is 12.6. The fourth-order valence-corrected chi connectivity index (χ4v) is 8.19. The minimum absolute atomic E-state index is 0.00915. The molecule has 0 radical (unpaired) electrons. The van der Waals surface area contributed by atoms with Crippen LogP contribution in [0.25, 0.3) is 0 Å². The first-order valence-electron chi connectivity index (χ1n) is 17.4. The number of likely N-dealkylation sites (tertiary alicyclic amines) is 3. The summed E-state index contributed by atoms with van der Waals surface area (Å²) >= 11 is 3.35. The smallest absolute Gasteiger partial charge is 0.410 e. The predicted molar refractivity (Wildman–Crippen MR) is 186 cm³/mol. The number of esters is 1. The molecule has 2 aromatic carbocycles. The van der Waals surface area contributed by atoms with Crippen molar-refractivity contribution in [2.24, 2.45) is 0 Å². The van der Waals surface area contributed by atoms with Crippen molar-refractivity contribution in [3.63, 3.8) is 0 Å². The van der Waals surface area contributed by atoms with Gasteiger partial charge in [0.05, 0.1) is 11.6 Å². The molecule has 12 nitrogen and oxygen atoms in total. The Morgan fingerprint density at radius 3 is 2.37 bits per heavy atom. The van der Waals surface area contributed by atoms with Crippen molar-refractivity contribution in [3.05, 3.63) is 58.1 Å². The van der Waals surface area contributed by atoms with Crippen LogP contribution in [0.5, 0.6) is 5.75 Å². The molecule has 2 N–H and O–H groups in total. The van der Waals surface area contributed by atoms with Gasteiger partial charge >= 0.3 is 18.1 Å². The van der Waals surface area contributed by atoms with Gasteiger partial charge in [0, 0.05) is 56.9 Å². The van der Waals surface area contributed by atoms with Crippen molar-refractivity contribution >= 4 is 45.6 Å². The lowest BCUT2D eigenvalue weighted by atomic mass is 9.94. The van der Waals surface area contributed by atoms with Gasteiger partial charge < -0.3 is 34.6 Å². The van der Waals surface area contributed by atoms with Gasteiger partial charge in [0.2, 0.25) is 0 Å². The first-order valence-corrected chi connectivity index (χ1v) is 18.2. The molecule has 0 spiro atoms. The number of hydrogen-bond donors (Lipinski definition) is 2. The van der Waals surface area contributed by atoms with Crippen molar-refractivity contribution in [2.45, 2.75) is 82.0 Å². The number of carbonyl (C=O) groups excluding carboxylic acids is 4. The van der Waals surface area contributed by atoms with Gasteiger partial charge in [-0.25, -0.2) is 9.59 Å². The van der Waals surface area contributed by atoms with E-state index < -0.39 is 12.2 Å². The van der Waals surface area contributed by atoms with E-state index in [0.717, 1.165) is 49.0 Å². The SMILES string of the molecule is COC(=O)[C@@H]1CCCCN1C1CCN(C(=O)[C@@H](Cc2ccc(O)c(Br)c2)OC(=O)N2CCC(N3CCc4ccccc4NC3=O)CC2)CC1. The van der Waals surface area contributed by atoms with Crippen LogP contribution < -0.4 is 5.32 Å². The third kappa shape index (κ3) is 8.15. The zero-order valence-electron chi connectivity index (χ0n) is 28.0. The molecular formula is C36H46BrN5O7. The third-order valence-corrected chi connectivity index (χ3v) is 11.2. The maximum atomic E-state index is 14.0. The number of nitrogens with zero attached hydrogens (tertiary/aromatic N) is 4. The van der Waals surface area contributed by atoms with Crippen LogP contribution >= 0.6 is 15.9 Å². The number of ether oxygens (including phenoxy) is 2. The van der Waals surface area contributed by atoms with Gasteiger partial charge in [0.25, 0.3) is 5.91 Å². The number of rotatable bonds is 7. The lowest BCUT2D eigenvalue weighted by molar-refractivity contribution is -0.151. The molecule has 13 heteroatoms. The molecule has 2 atom stereocenters. The molecule has 3 saturated heterocycles. The molecule has 6 rings (SSSR count). The number of methoxy groups -OCH3 is 1. The Balaban J connectivity index is 1.08. The molecule has 0 unspecified atom stereocenters. The van der Waals surface area contributed by atoms with Gasteiger partial charge in [0.1, 0.15) is 11.8 Å². The Bertz CT molecular complexity index is 1520. The van der Waals surface area contributed by atoms with Gasteiger partial charge in [-0.1, -0.05) is 30.7 Å². The summed E-state index contributed by atoms with van der Waals surface area (Å²) < 4.78 is 11.6. The van der Waals surface area contributed by atoms with E-state index in [9.17, 15) is 24.3 Å². The second kappa shape index (κ2) is 15.8. The molecule has 2 aromatic rings. The summed E-state index contributed by atoms with van der Waals surface area (Å²) in [5, 5.41) is 13.1. The van der Waals surface area contributed by atoms with E-state index in [1.54, 1.807) is 28.0 Å². The van der Waals surface area contributed by atoms with Crippen LogP contribution in [-0.4, -0.2) is 119 Å². The number of para-hydroxylation sites is 1.